The number of non-ortho nitro benzene ring substituents is 1. The van der Waals surface area contributed by atoms with Gasteiger partial charge in [0.15, 0.2) is 10.9 Å². The zero-order chi connectivity index (χ0) is 26.5. The first kappa shape index (κ1) is 25.9. The maximum atomic E-state index is 13.4. The molecule has 0 bridgehead atoms. The van der Waals surface area contributed by atoms with Crippen LogP contribution in [0.4, 0.5) is 16.3 Å². The molecule has 0 atom stereocenters. The van der Waals surface area contributed by atoms with Crippen molar-refractivity contribution < 1.29 is 28.7 Å². The summed E-state index contributed by atoms with van der Waals surface area (Å²) >= 11 is 1.04. The average molecular weight is 529 g/mol. The van der Waals surface area contributed by atoms with Crippen LogP contribution in [0.5, 0.6) is 10.9 Å². The quantitative estimate of drug-likeness (QED) is 0.294. The number of anilines is 1. The van der Waals surface area contributed by atoms with E-state index in [0.717, 1.165) is 11.3 Å². The smallest absolute Gasteiger partial charge is 0.410 e. The molecule has 0 unspecified atom stereocenters. The van der Waals surface area contributed by atoms with Gasteiger partial charge in [-0.1, -0.05) is 11.3 Å². The molecule has 14 heteroatoms. The lowest BCUT2D eigenvalue weighted by atomic mass is 10.0. The number of nitrogens with one attached hydrogen (secondary N) is 1. The molecular formula is C23H24N6O7S. The molecule has 3 heterocycles. The molecule has 0 saturated carbocycles. The molecule has 1 aliphatic rings. The van der Waals surface area contributed by atoms with E-state index in [1.54, 1.807) is 24.3 Å². The van der Waals surface area contributed by atoms with Crippen molar-refractivity contribution in [2.45, 2.75) is 6.54 Å². The fraction of sp³-hybridized carbons (Fsp3) is 0.304. The molecule has 0 aliphatic carbocycles. The van der Waals surface area contributed by atoms with Gasteiger partial charge in [-0.2, -0.15) is 0 Å². The highest BCUT2D eigenvalue weighted by atomic mass is 32.1. The number of hydrogen-bond acceptors (Lipinski definition) is 11. The van der Waals surface area contributed by atoms with Gasteiger partial charge in [0, 0.05) is 41.1 Å². The number of hydrogen-bond donors (Lipinski definition) is 2. The van der Waals surface area contributed by atoms with Gasteiger partial charge in [-0.15, -0.1) is 10.2 Å². The normalized spacial score (nSPS) is 13.2. The topological polar surface area (TPSA) is 172 Å². The number of carbonyl (C=O) groups excluding carboxylic acids is 2. The Kier molecular flexibility index (Phi) is 7.91. The van der Waals surface area contributed by atoms with E-state index in [9.17, 15) is 19.7 Å². The second-order valence-corrected chi connectivity index (χ2v) is 9.44. The van der Waals surface area contributed by atoms with E-state index in [1.165, 1.54) is 12.1 Å². The van der Waals surface area contributed by atoms with Gasteiger partial charge in [0.25, 0.3) is 11.6 Å². The van der Waals surface area contributed by atoms with Crippen molar-refractivity contribution >= 4 is 34.8 Å². The monoisotopic (exact) mass is 528 g/mol. The summed E-state index contributed by atoms with van der Waals surface area (Å²) in [5.74, 6) is 0.204. The van der Waals surface area contributed by atoms with E-state index in [0.29, 0.717) is 54.2 Å². The van der Waals surface area contributed by atoms with Crippen molar-refractivity contribution in [2.75, 3.05) is 39.2 Å². The fourth-order valence-electron chi connectivity index (χ4n) is 3.50. The minimum Gasteiger partial charge on any atom is -0.476 e. The average Bonchev–Trinajstić information content (AvgIpc) is 3.15. The maximum absolute atomic E-state index is 13.4. The number of ether oxygens (including phenoxy) is 3. The number of amides is 2. The summed E-state index contributed by atoms with van der Waals surface area (Å²) in [5.41, 5.74) is 6.44. The molecule has 0 radical (unpaired) electrons. The fourth-order valence-corrected chi connectivity index (χ4v) is 4.67. The summed E-state index contributed by atoms with van der Waals surface area (Å²) in [5, 5.41) is 21.7. The van der Waals surface area contributed by atoms with Crippen LogP contribution in [0.2, 0.25) is 0 Å². The van der Waals surface area contributed by atoms with Crippen LogP contribution in [0.15, 0.2) is 36.4 Å². The van der Waals surface area contributed by atoms with Gasteiger partial charge in [-0.3, -0.25) is 14.9 Å². The van der Waals surface area contributed by atoms with Gasteiger partial charge in [0.05, 0.1) is 30.3 Å². The predicted octanol–water partition coefficient (Wildman–Crippen LogP) is 2.91. The molecule has 1 saturated heterocycles. The third-order valence-electron chi connectivity index (χ3n) is 5.27. The lowest BCUT2D eigenvalue weighted by Gasteiger charge is -2.25. The molecule has 1 fully saturated rings. The van der Waals surface area contributed by atoms with Crippen molar-refractivity contribution in [3.05, 3.63) is 57.6 Å². The lowest BCUT2D eigenvalue weighted by molar-refractivity contribution is -0.384. The minimum atomic E-state index is -1.08. The Bertz CT molecular complexity index is 1290. The van der Waals surface area contributed by atoms with Gasteiger partial charge < -0.3 is 30.2 Å². The van der Waals surface area contributed by atoms with Crippen LogP contribution in [-0.4, -0.2) is 65.9 Å². The summed E-state index contributed by atoms with van der Waals surface area (Å²) in [6.07, 6.45) is -1.08. The first-order chi connectivity index (χ1) is 17.7. The summed E-state index contributed by atoms with van der Waals surface area (Å²) in [4.78, 5) is 38.0. The molecule has 3 N–H and O–H groups in total. The third-order valence-corrected chi connectivity index (χ3v) is 6.42. The van der Waals surface area contributed by atoms with Crippen molar-refractivity contribution in [3.8, 4) is 21.4 Å². The van der Waals surface area contributed by atoms with E-state index in [4.69, 9.17) is 19.9 Å². The summed E-state index contributed by atoms with van der Waals surface area (Å²) in [7, 11) is 3.63. The molecule has 4 rings (SSSR count). The summed E-state index contributed by atoms with van der Waals surface area (Å²) < 4.78 is 15.9. The zero-order valence-corrected chi connectivity index (χ0v) is 20.8. The largest absolute Gasteiger partial charge is 0.476 e. The highest BCUT2D eigenvalue weighted by Gasteiger charge is 2.28. The molecular weight excluding hydrogens is 504 g/mol. The van der Waals surface area contributed by atoms with Gasteiger partial charge in [-0.05, 0) is 37.9 Å². The Morgan fingerprint density at radius 2 is 1.95 bits per heavy atom. The van der Waals surface area contributed by atoms with Crippen molar-refractivity contribution in [1.82, 2.24) is 15.1 Å². The van der Waals surface area contributed by atoms with Crippen LogP contribution in [0.1, 0.15) is 15.9 Å². The van der Waals surface area contributed by atoms with E-state index < -0.39 is 16.9 Å². The van der Waals surface area contributed by atoms with E-state index >= 15 is 0 Å². The van der Waals surface area contributed by atoms with Crippen LogP contribution >= 0.6 is 11.3 Å². The minimum absolute atomic E-state index is 0.00849. The Hall–Kier alpha value is -4.14. The molecule has 2 aromatic heterocycles. The summed E-state index contributed by atoms with van der Waals surface area (Å²) in [6.45, 7) is 2.06. The Labute approximate surface area is 215 Å². The van der Waals surface area contributed by atoms with Crippen molar-refractivity contribution in [1.29, 1.82) is 0 Å². The first-order valence-electron chi connectivity index (χ1n) is 11.1. The summed E-state index contributed by atoms with van der Waals surface area (Å²) in [6, 6.07) is 8.98. The van der Waals surface area contributed by atoms with E-state index in [1.807, 2.05) is 19.0 Å². The highest BCUT2D eigenvalue weighted by Crippen LogP contribution is 2.43. The van der Waals surface area contributed by atoms with Crippen LogP contribution in [0, 0.1) is 16.0 Å². The Morgan fingerprint density at radius 1 is 1.22 bits per heavy atom. The Balaban J connectivity index is 1.63. The number of aromatic nitrogens is 2. The predicted molar refractivity (Wildman–Crippen MR) is 134 cm³/mol. The number of primary amides is 1. The number of nitro groups is 1. The second kappa shape index (κ2) is 11.3. The molecule has 1 aromatic carbocycles. The number of thiophene rings is 1. The molecule has 13 nitrogen and oxygen atoms in total. The number of nitrogens with zero attached hydrogens (tertiary/aromatic N) is 4. The van der Waals surface area contributed by atoms with Crippen molar-refractivity contribution in [2.24, 2.45) is 11.7 Å². The van der Waals surface area contributed by atoms with Crippen molar-refractivity contribution in [3.63, 3.8) is 0 Å². The van der Waals surface area contributed by atoms with Gasteiger partial charge in [0.2, 0.25) is 5.88 Å². The van der Waals surface area contributed by atoms with Gasteiger partial charge >= 0.3 is 6.09 Å². The Morgan fingerprint density at radius 3 is 2.49 bits per heavy atom. The molecule has 194 valence electrons. The van der Waals surface area contributed by atoms with Crippen LogP contribution in [0.3, 0.4) is 0 Å². The number of carbonyl (C=O) groups is 2. The first-order valence-corrected chi connectivity index (χ1v) is 11.9. The molecule has 0 spiro atoms. The molecule has 37 heavy (non-hydrogen) atoms. The maximum Gasteiger partial charge on any atom is 0.410 e. The zero-order valence-electron chi connectivity index (χ0n) is 20.0. The standard InChI is InChI=1S/C23H24N6O7S/c1-28(2)9-16-19(21(30)25-17-7-8-18(27-26-17)35-12-13-10-34-11-13)22(36-23(24)31)37-20(16)14-3-5-15(6-4-14)29(32)33/h3-8,13H,9-12H2,1-2H3,(H2,24,31)(H,25,26,30). The van der Waals surface area contributed by atoms with E-state index in [-0.39, 0.29) is 22.1 Å². The molecule has 3 aromatic rings. The molecule has 2 amide bonds. The van der Waals surface area contributed by atoms with Crippen LogP contribution in [0.25, 0.3) is 10.4 Å². The highest BCUT2D eigenvalue weighted by molar-refractivity contribution is 7.18. The van der Waals surface area contributed by atoms with Gasteiger partial charge in [-0.25, -0.2) is 4.79 Å². The third kappa shape index (κ3) is 6.35. The second-order valence-electron chi connectivity index (χ2n) is 8.46. The number of nitrogens with two attached hydrogens (primary N) is 1. The van der Waals surface area contributed by atoms with Crippen LogP contribution in [-0.2, 0) is 11.3 Å². The number of nitro benzene ring substituents is 1. The SMILES string of the molecule is CN(C)Cc1c(-c2ccc([N+](=O)[O-])cc2)sc(OC(N)=O)c1C(=O)Nc1ccc(OCC2COC2)nn1. The molecule has 1 aliphatic heterocycles. The lowest BCUT2D eigenvalue weighted by Crippen LogP contribution is -2.32. The van der Waals surface area contributed by atoms with E-state index in [2.05, 4.69) is 15.5 Å². The number of benzene rings is 1. The van der Waals surface area contributed by atoms with Crippen LogP contribution < -0.4 is 20.5 Å². The number of rotatable bonds is 10. The van der Waals surface area contributed by atoms with Gasteiger partial charge in [0.1, 0.15) is 0 Å².